The van der Waals surface area contributed by atoms with Gasteiger partial charge in [0.25, 0.3) is 0 Å². The van der Waals surface area contributed by atoms with E-state index in [1.165, 1.54) is 0 Å². The third kappa shape index (κ3) is 3.48. The van der Waals surface area contributed by atoms with Gasteiger partial charge in [-0.05, 0) is 58.7 Å². The molecule has 0 radical (unpaired) electrons. The topological polar surface area (TPSA) is 21.3 Å². The second-order valence-corrected chi connectivity index (χ2v) is 7.62. The van der Waals surface area contributed by atoms with Gasteiger partial charge in [-0.2, -0.15) is 0 Å². The molecule has 0 amide bonds. The molecule has 1 aromatic rings. The third-order valence-corrected chi connectivity index (χ3v) is 4.52. The van der Waals surface area contributed by atoms with Crippen LogP contribution in [0, 0.1) is 0 Å². The fraction of sp³-hybridized carbons (Fsp3) is 0.625. The van der Waals surface area contributed by atoms with Crippen LogP contribution in [0.3, 0.4) is 0 Å². The van der Waals surface area contributed by atoms with Gasteiger partial charge < -0.3 is 10.1 Å². The first-order chi connectivity index (χ1) is 9.11. The molecule has 0 saturated carbocycles. The van der Waals surface area contributed by atoms with E-state index in [2.05, 4.69) is 39.9 Å². The van der Waals surface area contributed by atoms with E-state index >= 15 is 0 Å². The summed E-state index contributed by atoms with van der Waals surface area (Å²) in [5.74, 6) is 0. The summed E-state index contributed by atoms with van der Waals surface area (Å²) in [6.45, 7) is 10.7. The van der Waals surface area contributed by atoms with Crippen molar-refractivity contribution in [3.8, 4) is 0 Å². The van der Waals surface area contributed by atoms with Crippen molar-refractivity contribution in [2.45, 2.75) is 64.3 Å². The van der Waals surface area contributed by atoms with Crippen molar-refractivity contribution >= 4 is 23.2 Å². The van der Waals surface area contributed by atoms with Crippen LogP contribution in [-0.2, 0) is 4.74 Å². The van der Waals surface area contributed by atoms with Crippen LogP contribution >= 0.6 is 23.2 Å². The SMILES string of the molecule is CC(NC1CC(C)(C)OC1(C)C)c1ccc(Cl)cc1Cl. The maximum absolute atomic E-state index is 6.28. The fourth-order valence-corrected chi connectivity index (χ4v) is 3.64. The van der Waals surface area contributed by atoms with Crippen molar-refractivity contribution in [1.82, 2.24) is 5.32 Å². The van der Waals surface area contributed by atoms with Crippen LogP contribution in [0.4, 0.5) is 0 Å². The lowest BCUT2D eigenvalue weighted by Gasteiger charge is -2.30. The maximum atomic E-state index is 6.28. The average molecular weight is 316 g/mol. The van der Waals surface area contributed by atoms with E-state index in [-0.39, 0.29) is 17.2 Å². The van der Waals surface area contributed by atoms with Crippen molar-refractivity contribution in [2.24, 2.45) is 0 Å². The van der Waals surface area contributed by atoms with Crippen LogP contribution in [0.1, 0.15) is 52.6 Å². The monoisotopic (exact) mass is 315 g/mol. The van der Waals surface area contributed by atoms with Crippen molar-refractivity contribution < 1.29 is 4.74 Å². The number of hydrogen-bond acceptors (Lipinski definition) is 2. The summed E-state index contributed by atoms with van der Waals surface area (Å²) in [7, 11) is 0. The van der Waals surface area contributed by atoms with E-state index in [9.17, 15) is 0 Å². The first-order valence-electron chi connectivity index (χ1n) is 7.02. The van der Waals surface area contributed by atoms with Gasteiger partial charge in [0.05, 0.1) is 11.2 Å². The molecule has 0 aliphatic carbocycles. The highest BCUT2D eigenvalue weighted by Gasteiger charge is 2.46. The summed E-state index contributed by atoms with van der Waals surface area (Å²) < 4.78 is 6.12. The molecule has 2 rings (SSSR count). The second kappa shape index (κ2) is 5.49. The Morgan fingerprint density at radius 2 is 1.90 bits per heavy atom. The van der Waals surface area contributed by atoms with Crippen LogP contribution in [0.5, 0.6) is 0 Å². The van der Waals surface area contributed by atoms with Gasteiger partial charge in [-0.3, -0.25) is 0 Å². The van der Waals surface area contributed by atoms with E-state index in [0.29, 0.717) is 16.1 Å². The highest BCUT2D eigenvalue weighted by atomic mass is 35.5. The van der Waals surface area contributed by atoms with E-state index in [4.69, 9.17) is 27.9 Å². The summed E-state index contributed by atoms with van der Waals surface area (Å²) in [6, 6.07) is 6.09. The standard InChI is InChI=1S/C16H23Cl2NO/c1-10(12-7-6-11(17)8-13(12)18)19-14-9-15(2,3)20-16(14,4)5/h6-8,10,14,19H,9H2,1-5H3. The molecule has 1 aromatic carbocycles. The minimum Gasteiger partial charge on any atom is -0.368 e. The minimum atomic E-state index is -0.184. The second-order valence-electron chi connectivity index (χ2n) is 6.78. The smallest absolute Gasteiger partial charge is 0.0787 e. The lowest BCUT2D eigenvalue weighted by molar-refractivity contribution is -0.0703. The molecule has 1 aliphatic rings. The number of benzene rings is 1. The predicted octanol–water partition coefficient (Wildman–Crippen LogP) is 4.99. The predicted molar refractivity (Wildman–Crippen MR) is 85.7 cm³/mol. The number of ether oxygens (including phenoxy) is 1. The molecule has 1 saturated heterocycles. The maximum Gasteiger partial charge on any atom is 0.0787 e. The van der Waals surface area contributed by atoms with Gasteiger partial charge in [-0.25, -0.2) is 0 Å². The van der Waals surface area contributed by atoms with E-state index < -0.39 is 0 Å². The molecule has 0 spiro atoms. The summed E-state index contributed by atoms with van der Waals surface area (Å²) in [4.78, 5) is 0. The van der Waals surface area contributed by atoms with Crippen LogP contribution in [0.15, 0.2) is 18.2 Å². The van der Waals surface area contributed by atoms with Gasteiger partial charge in [0.15, 0.2) is 0 Å². The zero-order valence-electron chi connectivity index (χ0n) is 12.8. The molecule has 1 N–H and O–H groups in total. The van der Waals surface area contributed by atoms with Gasteiger partial charge in [-0.1, -0.05) is 29.3 Å². The molecule has 1 heterocycles. The zero-order chi connectivity index (χ0) is 15.1. The fourth-order valence-electron chi connectivity index (χ4n) is 3.07. The first kappa shape index (κ1) is 16.1. The Morgan fingerprint density at radius 1 is 1.25 bits per heavy atom. The molecule has 112 valence electrons. The Labute approximate surface area is 131 Å². The van der Waals surface area contributed by atoms with Crippen molar-refractivity contribution in [1.29, 1.82) is 0 Å². The van der Waals surface area contributed by atoms with Gasteiger partial charge in [0, 0.05) is 22.1 Å². The molecule has 4 heteroatoms. The number of nitrogens with one attached hydrogen (secondary N) is 1. The van der Waals surface area contributed by atoms with Gasteiger partial charge in [0.1, 0.15) is 0 Å². The van der Waals surface area contributed by atoms with E-state index in [1.54, 1.807) is 6.07 Å². The van der Waals surface area contributed by atoms with Crippen molar-refractivity contribution in [2.75, 3.05) is 0 Å². The Kier molecular flexibility index (Phi) is 4.42. The van der Waals surface area contributed by atoms with Gasteiger partial charge in [0.2, 0.25) is 0 Å². The quantitative estimate of drug-likeness (QED) is 0.848. The molecule has 20 heavy (non-hydrogen) atoms. The van der Waals surface area contributed by atoms with Crippen LogP contribution in [-0.4, -0.2) is 17.2 Å². The van der Waals surface area contributed by atoms with Crippen molar-refractivity contribution in [3.05, 3.63) is 33.8 Å². The Balaban J connectivity index is 2.14. The lowest BCUT2D eigenvalue weighted by Crippen LogP contribution is -2.44. The number of halogens is 2. The van der Waals surface area contributed by atoms with Gasteiger partial charge in [-0.15, -0.1) is 0 Å². The van der Waals surface area contributed by atoms with Gasteiger partial charge >= 0.3 is 0 Å². The molecule has 1 fully saturated rings. The highest BCUT2D eigenvalue weighted by molar-refractivity contribution is 6.35. The van der Waals surface area contributed by atoms with E-state index in [0.717, 1.165) is 12.0 Å². The molecule has 2 nitrogen and oxygen atoms in total. The summed E-state index contributed by atoms with van der Waals surface area (Å²) in [5.41, 5.74) is 0.790. The Bertz CT molecular complexity index is 499. The van der Waals surface area contributed by atoms with Crippen LogP contribution in [0.25, 0.3) is 0 Å². The molecular formula is C16H23Cl2NO. The Morgan fingerprint density at radius 3 is 2.40 bits per heavy atom. The summed E-state index contributed by atoms with van der Waals surface area (Å²) >= 11 is 12.2. The molecular weight excluding hydrogens is 293 g/mol. The number of hydrogen-bond donors (Lipinski definition) is 1. The Hall–Kier alpha value is -0.280. The average Bonchev–Trinajstić information content (AvgIpc) is 2.45. The molecule has 1 aliphatic heterocycles. The van der Waals surface area contributed by atoms with Crippen LogP contribution < -0.4 is 5.32 Å². The normalized spacial score (nSPS) is 25.6. The molecule has 2 atom stereocenters. The molecule has 0 aromatic heterocycles. The third-order valence-electron chi connectivity index (χ3n) is 3.95. The first-order valence-corrected chi connectivity index (χ1v) is 7.77. The summed E-state index contributed by atoms with van der Waals surface area (Å²) in [5, 5.41) is 5.01. The van der Waals surface area contributed by atoms with Crippen LogP contribution in [0.2, 0.25) is 10.0 Å². The van der Waals surface area contributed by atoms with E-state index in [1.807, 2.05) is 12.1 Å². The molecule has 0 bridgehead atoms. The minimum absolute atomic E-state index is 0.0926. The zero-order valence-corrected chi connectivity index (χ0v) is 14.3. The highest BCUT2D eigenvalue weighted by Crippen LogP contribution is 2.38. The lowest BCUT2D eigenvalue weighted by atomic mass is 9.93. The number of rotatable bonds is 3. The largest absolute Gasteiger partial charge is 0.368 e. The van der Waals surface area contributed by atoms with Crippen molar-refractivity contribution in [3.63, 3.8) is 0 Å². The molecule has 2 unspecified atom stereocenters. The summed E-state index contributed by atoms with van der Waals surface area (Å²) in [6.07, 6.45) is 0.982.